The molecule has 3 aromatic rings. The number of anilines is 1. The SMILES string of the molecule is COc1ccc(NC(=O)NC(c2ccccc2)C(C)C)cc1-n1nnnc1C. The van der Waals surface area contributed by atoms with Gasteiger partial charge < -0.3 is 15.4 Å². The maximum absolute atomic E-state index is 12.6. The van der Waals surface area contributed by atoms with Gasteiger partial charge in [-0.3, -0.25) is 0 Å². The molecule has 1 aromatic heterocycles. The fraction of sp³-hybridized carbons (Fsp3) is 0.300. The molecule has 0 fully saturated rings. The Hall–Kier alpha value is -3.42. The van der Waals surface area contributed by atoms with Crippen LogP contribution in [0.25, 0.3) is 5.69 Å². The van der Waals surface area contributed by atoms with Crippen molar-refractivity contribution in [1.82, 2.24) is 25.5 Å². The lowest BCUT2D eigenvalue weighted by atomic mass is 9.96. The normalized spacial score (nSPS) is 11.9. The molecule has 2 amide bonds. The molecule has 8 heteroatoms. The van der Waals surface area contributed by atoms with Gasteiger partial charge in [-0.1, -0.05) is 44.2 Å². The summed E-state index contributed by atoms with van der Waals surface area (Å²) in [5.74, 6) is 1.46. The Morgan fingerprint density at radius 3 is 2.50 bits per heavy atom. The highest BCUT2D eigenvalue weighted by atomic mass is 16.5. The number of benzene rings is 2. The molecule has 146 valence electrons. The number of hydrogen-bond donors (Lipinski definition) is 2. The largest absolute Gasteiger partial charge is 0.494 e. The molecule has 0 aliphatic rings. The van der Waals surface area contributed by atoms with Crippen molar-refractivity contribution in [3.8, 4) is 11.4 Å². The summed E-state index contributed by atoms with van der Waals surface area (Å²) in [5, 5.41) is 17.5. The van der Waals surface area contributed by atoms with Crippen molar-refractivity contribution >= 4 is 11.7 Å². The third-order valence-corrected chi connectivity index (χ3v) is 4.40. The van der Waals surface area contributed by atoms with Crippen LogP contribution in [0.3, 0.4) is 0 Å². The lowest BCUT2D eigenvalue weighted by molar-refractivity contribution is 0.244. The predicted molar refractivity (Wildman–Crippen MR) is 107 cm³/mol. The molecule has 0 bridgehead atoms. The van der Waals surface area contributed by atoms with Gasteiger partial charge in [0, 0.05) is 5.69 Å². The summed E-state index contributed by atoms with van der Waals surface area (Å²) in [7, 11) is 1.57. The minimum atomic E-state index is -0.285. The van der Waals surface area contributed by atoms with Gasteiger partial charge in [-0.2, -0.15) is 4.68 Å². The molecule has 3 rings (SSSR count). The number of ether oxygens (including phenoxy) is 1. The topological polar surface area (TPSA) is 94.0 Å². The van der Waals surface area contributed by atoms with E-state index in [2.05, 4.69) is 40.0 Å². The average molecular weight is 380 g/mol. The summed E-state index contributed by atoms with van der Waals surface area (Å²) in [6.07, 6.45) is 0. The van der Waals surface area contributed by atoms with Gasteiger partial charge in [0.15, 0.2) is 5.82 Å². The number of rotatable bonds is 6. The van der Waals surface area contributed by atoms with Gasteiger partial charge >= 0.3 is 6.03 Å². The van der Waals surface area contributed by atoms with Crippen LogP contribution >= 0.6 is 0 Å². The van der Waals surface area contributed by atoms with E-state index in [0.717, 1.165) is 5.56 Å². The van der Waals surface area contributed by atoms with Crippen molar-refractivity contribution in [3.05, 3.63) is 59.9 Å². The third kappa shape index (κ3) is 4.28. The van der Waals surface area contributed by atoms with Crippen LogP contribution in [0, 0.1) is 12.8 Å². The van der Waals surface area contributed by atoms with Crippen LogP contribution in [0.2, 0.25) is 0 Å². The van der Waals surface area contributed by atoms with Crippen LogP contribution in [0.4, 0.5) is 10.5 Å². The first-order chi connectivity index (χ1) is 13.5. The molecule has 0 aliphatic heterocycles. The van der Waals surface area contributed by atoms with Crippen LogP contribution in [-0.4, -0.2) is 33.3 Å². The highest BCUT2D eigenvalue weighted by Crippen LogP contribution is 2.27. The second kappa shape index (κ2) is 8.51. The number of hydrogen-bond acceptors (Lipinski definition) is 5. The van der Waals surface area contributed by atoms with Crippen molar-refractivity contribution in [3.63, 3.8) is 0 Å². The Bertz CT molecular complexity index is 939. The predicted octanol–water partition coefficient (Wildman–Crippen LogP) is 3.50. The first-order valence-corrected chi connectivity index (χ1v) is 9.05. The molecule has 1 unspecified atom stereocenters. The van der Waals surface area contributed by atoms with E-state index in [1.807, 2.05) is 30.3 Å². The van der Waals surface area contributed by atoms with Crippen LogP contribution in [0.5, 0.6) is 5.75 Å². The lowest BCUT2D eigenvalue weighted by Crippen LogP contribution is -2.35. The number of nitrogens with one attached hydrogen (secondary N) is 2. The smallest absolute Gasteiger partial charge is 0.319 e. The molecular formula is C20H24N6O2. The highest BCUT2D eigenvalue weighted by molar-refractivity contribution is 5.90. The Morgan fingerprint density at radius 2 is 1.89 bits per heavy atom. The Balaban J connectivity index is 1.79. The summed E-state index contributed by atoms with van der Waals surface area (Å²) < 4.78 is 6.95. The van der Waals surface area contributed by atoms with Crippen molar-refractivity contribution < 1.29 is 9.53 Å². The number of aromatic nitrogens is 4. The van der Waals surface area contributed by atoms with Gasteiger partial charge in [0.25, 0.3) is 0 Å². The van der Waals surface area contributed by atoms with Crippen LogP contribution < -0.4 is 15.4 Å². The number of urea groups is 1. The first kappa shape index (κ1) is 19.3. The summed E-state index contributed by atoms with van der Waals surface area (Å²) in [5.41, 5.74) is 2.32. The monoisotopic (exact) mass is 380 g/mol. The minimum absolute atomic E-state index is 0.0966. The number of amides is 2. The number of tetrazole rings is 1. The molecule has 1 atom stereocenters. The summed E-state index contributed by atoms with van der Waals surface area (Å²) in [6, 6.07) is 14.8. The number of carbonyl (C=O) groups is 1. The van der Waals surface area contributed by atoms with E-state index in [0.29, 0.717) is 22.9 Å². The Labute approximate surface area is 163 Å². The molecule has 0 saturated carbocycles. The van der Waals surface area contributed by atoms with Crippen molar-refractivity contribution in [2.45, 2.75) is 26.8 Å². The standard InChI is InChI=1S/C20H24N6O2/c1-13(2)19(15-8-6-5-7-9-15)22-20(27)21-16-10-11-18(28-4)17(12-16)26-14(3)23-24-25-26/h5-13,19H,1-4H3,(H2,21,22,27). The summed E-state index contributed by atoms with van der Waals surface area (Å²) >= 11 is 0. The Morgan fingerprint density at radius 1 is 1.14 bits per heavy atom. The van der Waals surface area contributed by atoms with Gasteiger partial charge in [-0.15, -0.1) is 5.10 Å². The van der Waals surface area contributed by atoms with E-state index >= 15 is 0 Å². The maximum Gasteiger partial charge on any atom is 0.319 e. The van der Waals surface area contributed by atoms with Gasteiger partial charge in [-0.25, -0.2) is 4.79 Å². The van der Waals surface area contributed by atoms with Gasteiger partial charge in [0.1, 0.15) is 11.4 Å². The van der Waals surface area contributed by atoms with Gasteiger partial charge in [-0.05, 0) is 47.0 Å². The maximum atomic E-state index is 12.6. The first-order valence-electron chi connectivity index (χ1n) is 9.05. The molecule has 0 spiro atoms. The lowest BCUT2D eigenvalue weighted by Gasteiger charge is -2.23. The summed E-state index contributed by atoms with van der Waals surface area (Å²) in [6.45, 7) is 5.94. The van der Waals surface area contributed by atoms with E-state index in [4.69, 9.17) is 4.74 Å². The van der Waals surface area contributed by atoms with E-state index < -0.39 is 0 Å². The molecule has 28 heavy (non-hydrogen) atoms. The third-order valence-electron chi connectivity index (χ3n) is 4.40. The van der Waals surface area contributed by atoms with E-state index in [-0.39, 0.29) is 18.0 Å². The van der Waals surface area contributed by atoms with Gasteiger partial charge in [0.05, 0.1) is 13.2 Å². The van der Waals surface area contributed by atoms with E-state index in [1.54, 1.807) is 36.9 Å². The molecular weight excluding hydrogens is 356 g/mol. The van der Waals surface area contributed by atoms with Crippen LogP contribution in [0.1, 0.15) is 31.3 Å². The molecule has 2 N–H and O–H groups in total. The van der Waals surface area contributed by atoms with Crippen LogP contribution in [0.15, 0.2) is 48.5 Å². The minimum Gasteiger partial charge on any atom is -0.494 e. The second-order valence-electron chi connectivity index (χ2n) is 6.76. The number of nitrogens with zero attached hydrogens (tertiary/aromatic N) is 4. The second-order valence-corrected chi connectivity index (χ2v) is 6.76. The number of methoxy groups -OCH3 is 1. The number of aryl methyl sites for hydroxylation is 1. The molecule has 8 nitrogen and oxygen atoms in total. The fourth-order valence-electron chi connectivity index (χ4n) is 2.99. The van der Waals surface area contributed by atoms with E-state index in [9.17, 15) is 4.79 Å². The molecule has 0 radical (unpaired) electrons. The van der Waals surface area contributed by atoms with E-state index in [1.165, 1.54) is 0 Å². The number of carbonyl (C=O) groups excluding carboxylic acids is 1. The quantitative estimate of drug-likeness (QED) is 0.683. The molecule has 1 heterocycles. The van der Waals surface area contributed by atoms with Crippen molar-refractivity contribution in [2.75, 3.05) is 12.4 Å². The fourth-order valence-corrected chi connectivity index (χ4v) is 2.99. The van der Waals surface area contributed by atoms with Crippen LogP contribution in [-0.2, 0) is 0 Å². The van der Waals surface area contributed by atoms with Gasteiger partial charge in [0.2, 0.25) is 0 Å². The average Bonchev–Trinajstić information content (AvgIpc) is 3.12. The zero-order chi connectivity index (χ0) is 20.1. The molecule has 2 aromatic carbocycles. The summed E-state index contributed by atoms with van der Waals surface area (Å²) in [4.78, 5) is 12.6. The Kier molecular flexibility index (Phi) is 5.88. The van der Waals surface area contributed by atoms with Crippen molar-refractivity contribution in [2.24, 2.45) is 5.92 Å². The zero-order valence-corrected chi connectivity index (χ0v) is 16.4. The zero-order valence-electron chi connectivity index (χ0n) is 16.4. The van der Waals surface area contributed by atoms with Crippen molar-refractivity contribution in [1.29, 1.82) is 0 Å². The highest BCUT2D eigenvalue weighted by Gasteiger charge is 2.19. The molecule has 0 saturated heterocycles. The molecule has 0 aliphatic carbocycles.